The van der Waals surface area contributed by atoms with Gasteiger partial charge in [-0.25, -0.2) is 0 Å². The van der Waals surface area contributed by atoms with E-state index in [0.29, 0.717) is 6.42 Å². The number of hydrogen-bond acceptors (Lipinski definition) is 8. The fourth-order valence-corrected chi connectivity index (χ4v) is 7.04. The first-order chi connectivity index (χ1) is 25.3. The molecule has 52 heavy (non-hydrogen) atoms. The van der Waals surface area contributed by atoms with Gasteiger partial charge in [-0.2, -0.15) is 0 Å². The van der Waals surface area contributed by atoms with E-state index in [1.807, 2.05) is 6.08 Å². The Bertz CT molecular complexity index is 827. The lowest BCUT2D eigenvalue weighted by molar-refractivity contribution is -0.302. The highest BCUT2D eigenvalue weighted by atomic mass is 16.7. The Hall–Kier alpha value is -1.07. The molecule has 1 fully saturated rings. The van der Waals surface area contributed by atoms with E-state index in [1.54, 1.807) is 6.08 Å². The number of amides is 1. The molecule has 0 aromatic carbocycles. The smallest absolute Gasteiger partial charge is 0.220 e. The maximum Gasteiger partial charge on any atom is 0.220 e. The molecule has 1 aliphatic heterocycles. The maximum absolute atomic E-state index is 12.9. The maximum atomic E-state index is 12.9. The second kappa shape index (κ2) is 34.4. The molecule has 1 heterocycles. The van der Waals surface area contributed by atoms with E-state index >= 15 is 0 Å². The monoisotopic (exact) mass is 742 g/mol. The van der Waals surface area contributed by atoms with Crippen LogP contribution in [0.3, 0.4) is 0 Å². The molecule has 0 saturated carbocycles. The van der Waals surface area contributed by atoms with Crippen LogP contribution in [0.1, 0.15) is 200 Å². The van der Waals surface area contributed by atoms with Crippen LogP contribution in [-0.4, -0.2) is 87.5 Å². The van der Waals surface area contributed by atoms with Crippen molar-refractivity contribution in [1.29, 1.82) is 0 Å². The second-order valence-electron chi connectivity index (χ2n) is 15.5. The third kappa shape index (κ3) is 25.1. The average molecular weight is 742 g/mol. The topological polar surface area (TPSA) is 149 Å². The minimum atomic E-state index is -1.56. The lowest BCUT2D eigenvalue weighted by Crippen LogP contribution is -2.60. The van der Waals surface area contributed by atoms with Crippen LogP contribution in [0, 0.1) is 0 Å². The number of rotatable bonds is 36. The van der Waals surface area contributed by atoms with Crippen molar-refractivity contribution >= 4 is 5.91 Å². The highest BCUT2D eigenvalue weighted by Gasteiger charge is 2.44. The minimum absolute atomic E-state index is 0.177. The summed E-state index contributed by atoms with van der Waals surface area (Å²) in [6, 6.07) is -0.797. The van der Waals surface area contributed by atoms with Crippen molar-refractivity contribution in [2.75, 3.05) is 13.2 Å². The zero-order chi connectivity index (χ0) is 38.1. The van der Waals surface area contributed by atoms with Gasteiger partial charge in [-0.3, -0.25) is 4.79 Å². The molecule has 0 aromatic heterocycles. The third-order valence-electron chi connectivity index (χ3n) is 10.6. The van der Waals surface area contributed by atoms with Crippen LogP contribution in [0.15, 0.2) is 12.2 Å². The van der Waals surface area contributed by atoms with Crippen molar-refractivity contribution in [2.45, 2.75) is 243 Å². The predicted molar refractivity (Wildman–Crippen MR) is 212 cm³/mol. The molecule has 0 aromatic rings. The molecule has 1 amide bonds. The van der Waals surface area contributed by atoms with Crippen molar-refractivity contribution in [1.82, 2.24) is 5.32 Å². The summed E-state index contributed by atoms with van der Waals surface area (Å²) in [5.41, 5.74) is 0. The van der Waals surface area contributed by atoms with E-state index in [-0.39, 0.29) is 12.5 Å². The van der Waals surface area contributed by atoms with Crippen molar-refractivity contribution in [3.05, 3.63) is 12.2 Å². The molecule has 0 radical (unpaired) electrons. The minimum Gasteiger partial charge on any atom is -0.394 e. The Morgan fingerprint density at radius 3 is 1.50 bits per heavy atom. The normalized spacial score (nSPS) is 21.9. The number of hydrogen-bond donors (Lipinski definition) is 6. The zero-order valence-corrected chi connectivity index (χ0v) is 33.6. The predicted octanol–water partition coefficient (Wildman–Crippen LogP) is 8.56. The molecule has 7 atom stereocenters. The number of aliphatic hydroxyl groups is 5. The standard InChI is InChI=1S/C43H83NO8/c1-3-5-7-9-11-13-15-17-18-19-20-21-22-24-26-28-30-32-37(46)36(35-51-43-42(50)41(49)40(48)38(34-45)52-43)44-39(47)33-31-29-27-25-23-16-14-12-10-8-6-4-2/h30,32,36-38,40-43,45-46,48-50H,3-29,31,33-35H2,1-2H3,(H,44,47)/b32-30+. The average Bonchev–Trinajstić information content (AvgIpc) is 3.14. The Kier molecular flexibility index (Phi) is 32.4. The van der Waals surface area contributed by atoms with Crippen molar-refractivity contribution in [2.24, 2.45) is 0 Å². The number of ether oxygens (including phenoxy) is 2. The van der Waals surface area contributed by atoms with Gasteiger partial charge in [-0.1, -0.05) is 187 Å². The van der Waals surface area contributed by atoms with Gasteiger partial charge in [0.25, 0.3) is 0 Å². The van der Waals surface area contributed by atoms with Gasteiger partial charge < -0.3 is 40.3 Å². The summed E-state index contributed by atoms with van der Waals surface area (Å²) < 4.78 is 11.2. The van der Waals surface area contributed by atoms with E-state index in [9.17, 15) is 30.3 Å². The summed E-state index contributed by atoms with van der Waals surface area (Å²) in [7, 11) is 0. The number of allylic oxidation sites excluding steroid dienone is 1. The fourth-order valence-electron chi connectivity index (χ4n) is 7.04. The molecular weight excluding hydrogens is 658 g/mol. The summed E-state index contributed by atoms with van der Waals surface area (Å²) in [6.45, 7) is 3.77. The number of unbranched alkanes of at least 4 members (excludes halogenated alkanes) is 26. The zero-order valence-electron chi connectivity index (χ0n) is 33.6. The van der Waals surface area contributed by atoms with Gasteiger partial charge in [-0.05, 0) is 19.3 Å². The Morgan fingerprint density at radius 1 is 0.635 bits per heavy atom. The molecule has 0 spiro atoms. The molecule has 9 heteroatoms. The van der Waals surface area contributed by atoms with Gasteiger partial charge in [0, 0.05) is 6.42 Å². The van der Waals surface area contributed by atoms with Gasteiger partial charge in [-0.15, -0.1) is 0 Å². The Balaban J connectivity index is 2.38. The molecule has 308 valence electrons. The van der Waals surface area contributed by atoms with Gasteiger partial charge in [0.2, 0.25) is 5.91 Å². The largest absolute Gasteiger partial charge is 0.394 e. The van der Waals surface area contributed by atoms with Crippen LogP contribution in [0.2, 0.25) is 0 Å². The quantitative estimate of drug-likeness (QED) is 0.0277. The lowest BCUT2D eigenvalue weighted by atomic mass is 9.99. The number of carbonyl (C=O) groups excluding carboxylic acids is 1. The van der Waals surface area contributed by atoms with Gasteiger partial charge in [0.1, 0.15) is 24.4 Å². The summed E-state index contributed by atoms with van der Waals surface area (Å²) in [6.07, 6.45) is 31.1. The van der Waals surface area contributed by atoms with Crippen LogP contribution in [0.5, 0.6) is 0 Å². The van der Waals surface area contributed by atoms with Crippen molar-refractivity contribution in [3.63, 3.8) is 0 Å². The first kappa shape index (κ1) is 48.9. The Morgan fingerprint density at radius 2 is 1.06 bits per heavy atom. The highest BCUT2D eigenvalue weighted by Crippen LogP contribution is 2.22. The van der Waals surface area contributed by atoms with Gasteiger partial charge in [0.15, 0.2) is 6.29 Å². The first-order valence-electron chi connectivity index (χ1n) is 21.9. The molecule has 1 saturated heterocycles. The molecule has 7 unspecified atom stereocenters. The van der Waals surface area contributed by atoms with Crippen LogP contribution in [0.4, 0.5) is 0 Å². The van der Waals surface area contributed by atoms with E-state index < -0.39 is 49.5 Å². The number of carbonyl (C=O) groups is 1. The lowest BCUT2D eigenvalue weighted by Gasteiger charge is -2.40. The number of aliphatic hydroxyl groups excluding tert-OH is 5. The summed E-state index contributed by atoms with van der Waals surface area (Å²) in [4.78, 5) is 12.9. The fraction of sp³-hybridized carbons (Fsp3) is 0.930. The molecule has 1 rings (SSSR count). The van der Waals surface area contributed by atoms with Crippen LogP contribution >= 0.6 is 0 Å². The van der Waals surface area contributed by atoms with E-state index in [0.717, 1.165) is 38.5 Å². The summed E-state index contributed by atoms with van der Waals surface area (Å²) in [5, 5.41) is 54.1. The van der Waals surface area contributed by atoms with Crippen molar-refractivity contribution < 1.29 is 39.8 Å². The number of nitrogens with one attached hydrogen (secondary N) is 1. The molecule has 6 N–H and O–H groups in total. The van der Waals surface area contributed by atoms with E-state index in [2.05, 4.69) is 19.2 Å². The molecule has 0 bridgehead atoms. The Labute approximate surface area is 318 Å². The van der Waals surface area contributed by atoms with Gasteiger partial charge in [0.05, 0.1) is 25.4 Å². The van der Waals surface area contributed by atoms with Crippen molar-refractivity contribution in [3.8, 4) is 0 Å². The van der Waals surface area contributed by atoms with Crippen LogP contribution < -0.4 is 5.32 Å². The summed E-state index contributed by atoms with van der Waals surface area (Å²) in [5.74, 6) is -0.177. The molecule has 0 aliphatic carbocycles. The van der Waals surface area contributed by atoms with Crippen LogP contribution in [0.25, 0.3) is 0 Å². The third-order valence-corrected chi connectivity index (χ3v) is 10.6. The van der Waals surface area contributed by atoms with E-state index in [4.69, 9.17) is 9.47 Å². The molecule has 1 aliphatic rings. The van der Waals surface area contributed by atoms with Crippen LogP contribution in [-0.2, 0) is 14.3 Å². The van der Waals surface area contributed by atoms with E-state index in [1.165, 1.54) is 141 Å². The van der Waals surface area contributed by atoms with Gasteiger partial charge >= 0.3 is 0 Å². The second-order valence-corrected chi connectivity index (χ2v) is 15.5. The molecular formula is C43H83NO8. The summed E-state index contributed by atoms with van der Waals surface area (Å²) >= 11 is 0. The molecule has 9 nitrogen and oxygen atoms in total. The highest BCUT2D eigenvalue weighted by molar-refractivity contribution is 5.76. The SMILES string of the molecule is CCCCCCCCCCCCCCCCC/C=C/C(O)C(COC1OC(CO)C(O)C(O)C1O)NC(=O)CCCCCCCCCCCCCC. The first-order valence-corrected chi connectivity index (χ1v) is 21.9.